The van der Waals surface area contributed by atoms with E-state index >= 15 is 0 Å². The minimum Gasteiger partial charge on any atom is -0.494 e. The molecule has 1 aromatic rings. The predicted octanol–water partition coefficient (Wildman–Crippen LogP) is 2.77. The first-order valence-electron chi connectivity index (χ1n) is 8.55. The summed E-state index contributed by atoms with van der Waals surface area (Å²) in [5, 5.41) is 0. The Morgan fingerprint density at radius 2 is 2.17 bits per heavy atom. The number of methoxy groups -OCH3 is 1. The van der Waals surface area contributed by atoms with Crippen molar-refractivity contribution in [1.82, 2.24) is 9.62 Å². The number of rotatable bonds is 8. The van der Waals surface area contributed by atoms with Crippen LogP contribution in [0.3, 0.4) is 0 Å². The Morgan fingerprint density at radius 1 is 1.38 bits per heavy atom. The van der Waals surface area contributed by atoms with Crippen LogP contribution in [0.25, 0.3) is 0 Å². The molecule has 2 rings (SSSR count). The lowest BCUT2D eigenvalue weighted by Crippen LogP contribution is -2.40. The van der Waals surface area contributed by atoms with Crippen molar-refractivity contribution in [2.75, 3.05) is 26.7 Å². The fourth-order valence-corrected chi connectivity index (χ4v) is 4.29. The monoisotopic (exact) mass is 358 g/mol. The van der Waals surface area contributed by atoms with Crippen LogP contribution in [0, 0.1) is 5.82 Å². The van der Waals surface area contributed by atoms with Crippen LogP contribution >= 0.6 is 0 Å². The first-order chi connectivity index (χ1) is 11.5. The number of benzene rings is 1. The highest BCUT2D eigenvalue weighted by Crippen LogP contribution is 2.21. The minimum absolute atomic E-state index is 0.0321. The molecule has 136 valence electrons. The number of hydrogen-bond donors (Lipinski definition) is 1. The third-order valence-corrected chi connectivity index (χ3v) is 6.03. The fraction of sp³-hybridized carbons (Fsp3) is 0.647. The van der Waals surface area contributed by atoms with Crippen molar-refractivity contribution >= 4 is 10.0 Å². The lowest BCUT2D eigenvalue weighted by molar-refractivity contribution is 0.143. The van der Waals surface area contributed by atoms with E-state index in [1.54, 1.807) is 0 Å². The Balaban J connectivity index is 1.85. The van der Waals surface area contributed by atoms with Gasteiger partial charge in [0, 0.05) is 12.6 Å². The van der Waals surface area contributed by atoms with E-state index in [9.17, 15) is 12.8 Å². The molecule has 1 atom stereocenters. The van der Waals surface area contributed by atoms with Gasteiger partial charge in [-0.2, -0.15) is 0 Å². The average Bonchev–Trinajstić information content (AvgIpc) is 2.59. The summed E-state index contributed by atoms with van der Waals surface area (Å²) in [6.07, 6.45) is 5.61. The molecule has 1 aliphatic rings. The molecular formula is C17H27FN2O3S. The maximum atomic E-state index is 13.7. The fourth-order valence-electron chi connectivity index (χ4n) is 3.20. The Kier molecular flexibility index (Phi) is 7.01. The molecule has 1 fully saturated rings. The maximum Gasteiger partial charge on any atom is 0.240 e. The summed E-state index contributed by atoms with van der Waals surface area (Å²) in [4.78, 5) is 2.37. The summed E-state index contributed by atoms with van der Waals surface area (Å²) in [7, 11) is -2.35. The molecule has 7 heteroatoms. The minimum atomic E-state index is -3.69. The first kappa shape index (κ1) is 19.1. The van der Waals surface area contributed by atoms with Crippen molar-refractivity contribution < 1.29 is 17.5 Å². The van der Waals surface area contributed by atoms with Gasteiger partial charge in [-0.05, 0) is 57.0 Å². The quantitative estimate of drug-likeness (QED) is 0.726. The molecule has 0 saturated carbocycles. The lowest BCUT2D eigenvalue weighted by atomic mass is 10.00. The summed E-state index contributed by atoms with van der Waals surface area (Å²) >= 11 is 0. The van der Waals surface area contributed by atoms with Gasteiger partial charge in [0.25, 0.3) is 0 Å². The number of nitrogens with zero attached hydrogens (tertiary/aromatic N) is 1. The first-order valence-corrected chi connectivity index (χ1v) is 10.0. The molecule has 0 aliphatic carbocycles. The van der Waals surface area contributed by atoms with Crippen LogP contribution in [-0.2, 0) is 10.0 Å². The lowest BCUT2D eigenvalue weighted by Gasteiger charge is -2.35. The SMILES string of the molecule is CC[C@@H]1CCCCN1CCCNS(=O)(=O)c1ccc(OC)c(F)c1. The predicted molar refractivity (Wildman–Crippen MR) is 92.3 cm³/mol. The number of piperidine rings is 1. The van der Waals surface area contributed by atoms with Crippen molar-refractivity contribution in [3.05, 3.63) is 24.0 Å². The average molecular weight is 358 g/mol. The van der Waals surface area contributed by atoms with E-state index in [4.69, 9.17) is 4.74 Å². The second kappa shape index (κ2) is 8.78. The van der Waals surface area contributed by atoms with Crippen LogP contribution in [0.15, 0.2) is 23.1 Å². The molecule has 0 spiro atoms. The number of sulfonamides is 1. The van der Waals surface area contributed by atoms with E-state index in [0.717, 1.165) is 32.0 Å². The van der Waals surface area contributed by atoms with Crippen LogP contribution in [0.1, 0.15) is 39.0 Å². The van der Waals surface area contributed by atoms with Gasteiger partial charge in [0.15, 0.2) is 11.6 Å². The Hall–Kier alpha value is -1.18. The maximum absolute atomic E-state index is 13.7. The summed E-state index contributed by atoms with van der Waals surface area (Å²) in [5.74, 6) is -0.649. The zero-order valence-electron chi connectivity index (χ0n) is 14.4. The third-order valence-electron chi connectivity index (χ3n) is 4.57. The van der Waals surface area contributed by atoms with Gasteiger partial charge in [-0.1, -0.05) is 13.3 Å². The van der Waals surface area contributed by atoms with Gasteiger partial charge in [0.05, 0.1) is 12.0 Å². The van der Waals surface area contributed by atoms with Crippen molar-refractivity contribution in [3.8, 4) is 5.75 Å². The third kappa shape index (κ3) is 4.91. The standard InChI is InChI=1S/C17H27FN2O3S/c1-3-14-7-4-5-11-20(14)12-6-10-19-24(21,22)15-8-9-17(23-2)16(18)13-15/h8-9,13-14,19H,3-7,10-12H2,1-2H3/t14-/m1/s1. The highest BCUT2D eigenvalue weighted by Gasteiger charge is 2.20. The summed E-state index contributed by atoms with van der Waals surface area (Å²) in [6, 6.07) is 4.27. The highest BCUT2D eigenvalue weighted by atomic mass is 32.2. The summed E-state index contributed by atoms with van der Waals surface area (Å²) < 4.78 is 45.5. The van der Waals surface area contributed by atoms with Crippen molar-refractivity contribution in [1.29, 1.82) is 0 Å². The van der Waals surface area contributed by atoms with E-state index in [0.29, 0.717) is 12.6 Å². The van der Waals surface area contributed by atoms with Gasteiger partial charge < -0.3 is 9.64 Å². The molecular weight excluding hydrogens is 331 g/mol. The van der Waals surface area contributed by atoms with E-state index in [1.165, 1.54) is 38.5 Å². The molecule has 0 radical (unpaired) electrons. The molecule has 0 bridgehead atoms. The number of hydrogen-bond acceptors (Lipinski definition) is 4. The van der Waals surface area contributed by atoms with E-state index in [2.05, 4.69) is 16.5 Å². The van der Waals surface area contributed by atoms with Crippen LogP contribution in [0.2, 0.25) is 0 Å². The molecule has 1 saturated heterocycles. The molecule has 0 aromatic heterocycles. The molecule has 1 aromatic carbocycles. The molecule has 1 aliphatic heterocycles. The molecule has 24 heavy (non-hydrogen) atoms. The van der Waals surface area contributed by atoms with E-state index in [1.807, 2.05) is 0 Å². The Labute approximate surface area is 144 Å². The number of likely N-dealkylation sites (tertiary alicyclic amines) is 1. The molecule has 0 amide bonds. The molecule has 1 N–H and O–H groups in total. The van der Waals surface area contributed by atoms with E-state index < -0.39 is 15.8 Å². The highest BCUT2D eigenvalue weighted by molar-refractivity contribution is 7.89. The summed E-state index contributed by atoms with van der Waals surface area (Å²) in [6.45, 7) is 4.53. The number of nitrogens with one attached hydrogen (secondary N) is 1. The van der Waals surface area contributed by atoms with Crippen LogP contribution in [0.4, 0.5) is 4.39 Å². The Morgan fingerprint density at radius 3 is 2.83 bits per heavy atom. The topological polar surface area (TPSA) is 58.6 Å². The normalized spacial score (nSPS) is 19.4. The largest absolute Gasteiger partial charge is 0.494 e. The van der Waals surface area contributed by atoms with Gasteiger partial charge >= 0.3 is 0 Å². The van der Waals surface area contributed by atoms with Gasteiger partial charge in [0.2, 0.25) is 10.0 Å². The van der Waals surface area contributed by atoms with Gasteiger partial charge in [-0.25, -0.2) is 17.5 Å². The smallest absolute Gasteiger partial charge is 0.240 e. The van der Waals surface area contributed by atoms with Gasteiger partial charge in [0.1, 0.15) is 0 Å². The van der Waals surface area contributed by atoms with Crippen LogP contribution in [-0.4, -0.2) is 46.1 Å². The van der Waals surface area contributed by atoms with Gasteiger partial charge in [-0.15, -0.1) is 0 Å². The number of halogens is 1. The zero-order chi connectivity index (χ0) is 17.6. The van der Waals surface area contributed by atoms with Crippen LogP contribution < -0.4 is 9.46 Å². The molecule has 0 unspecified atom stereocenters. The summed E-state index contributed by atoms with van der Waals surface area (Å²) in [5.41, 5.74) is 0. The van der Waals surface area contributed by atoms with Crippen molar-refractivity contribution in [2.45, 2.75) is 50.0 Å². The number of ether oxygens (including phenoxy) is 1. The zero-order valence-corrected chi connectivity index (χ0v) is 15.2. The van der Waals surface area contributed by atoms with Crippen LogP contribution in [0.5, 0.6) is 5.75 Å². The second-order valence-electron chi connectivity index (χ2n) is 6.14. The van der Waals surface area contributed by atoms with Gasteiger partial charge in [-0.3, -0.25) is 0 Å². The second-order valence-corrected chi connectivity index (χ2v) is 7.91. The van der Waals surface area contributed by atoms with E-state index in [-0.39, 0.29) is 10.6 Å². The molecule has 5 nitrogen and oxygen atoms in total. The Bertz CT molecular complexity index is 637. The van der Waals surface area contributed by atoms with Crippen molar-refractivity contribution in [3.63, 3.8) is 0 Å². The molecule has 1 heterocycles. The van der Waals surface area contributed by atoms with Crippen molar-refractivity contribution in [2.24, 2.45) is 0 Å².